The van der Waals surface area contributed by atoms with Crippen molar-refractivity contribution in [1.29, 1.82) is 0 Å². The maximum Gasteiger partial charge on any atom is 0.123 e. The Labute approximate surface area is 101 Å². The first-order valence-corrected chi connectivity index (χ1v) is 5.62. The Morgan fingerprint density at radius 2 is 2.00 bits per heavy atom. The van der Waals surface area contributed by atoms with Gasteiger partial charge in [-0.2, -0.15) is 0 Å². The van der Waals surface area contributed by atoms with Crippen molar-refractivity contribution < 1.29 is 14.6 Å². The maximum absolute atomic E-state index is 13.2. The SMILES string of the molecule is CC(O)c1cc(F)ccc1N(C)C(C)(C)CO. The Kier molecular flexibility index (Phi) is 4.11. The van der Waals surface area contributed by atoms with Gasteiger partial charge in [0.05, 0.1) is 18.2 Å². The quantitative estimate of drug-likeness (QED) is 0.848. The Hall–Kier alpha value is -1.13. The van der Waals surface area contributed by atoms with Crippen LogP contribution in [0.25, 0.3) is 0 Å². The van der Waals surface area contributed by atoms with Crippen molar-refractivity contribution in [2.45, 2.75) is 32.4 Å². The number of benzene rings is 1. The van der Waals surface area contributed by atoms with E-state index in [1.807, 2.05) is 25.8 Å². The molecule has 96 valence electrons. The van der Waals surface area contributed by atoms with Crippen molar-refractivity contribution in [3.8, 4) is 0 Å². The predicted octanol–water partition coefficient (Wildman–Crippen LogP) is 2.09. The van der Waals surface area contributed by atoms with E-state index in [0.717, 1.165) is 5.69 Å². The highest BCUT2D eigenvalue weighted by molar-refractivity contribution is 5.56. The van der Waals surface area contributed by atoms with Crippen LogP contribution in [-0.4, -0.2) is 29.4 Å². The van der Waals surface area contributed by atoms with Crippen LogP contribution in [0.5, 0.6) is 0 Å². The lowest BCUT2D eigenvalue weighted by Gasteiger charge is -2.37. The minimum Gasteiger partial charge on any atom is -0.394 e. The third kappa shape index (κ3) is 2.96. The number of rotatable bonds is 4. The van der Waals surface area contributed by atoms with Crippen molar-refractivity contribution >= 4 is 5.69 Å². The molecule has 3 nitrogen and oxygen atoms in total. The van der Waals surface area contributed by atoms with Gasteiger partial charge in [-0.25, -0.2) is 4.39 Å². The van der Waals surface area contributed by atoms with Gasteiger partial charge in [0.25, 0.3) is 0 Å². The number of hydrogen-bond donors (Lipinski definition) is 2. The van der Waals surface area contributed by atoms with Gasteiger partial charge in [0.1, 0.15) is 5.82 Å². The molecule has 0 aliphatic carbocycles. The summed E-state index contributed by atoms with van der Waals surface area (Å²) in [5.74, 6) is -0.375. The maximum atomic E-state index is 13.2. The summed E-state index contributed by atoms with van der Waals surface area (Å²) >= 11 is 0. The Morgan fingerprint density at radius 3 is 2.47 bits per heavy atom. The molecule has 0 fully saturated rings. The minimum absolute atomic E-state index is 0.0277. The van der Waals surface area contributed by atoms with Crippen LogP contribution < -0.4 is 4.90 Å². The zero-order valence-electron chi connectivity index (χ0n) is 10.7. The number of likely N-dealkylation sites (N-methyl/N-ethyl adjacent to an activating group) is 1. The van der Waals surface area contributed by atoms with Gasteiger partial charge in [0.2, 0.25) is 0 Å². The van der Waals surface area contributed by atoms with Gasteiger partial charge in [0, 0.05) is 18.3 Å². The molecule has 0 amide bonds. The normalized spacial score (nSPS) is 13.6. The zero-order valence-corrected chi connectivity index (χ0v) is 10.7. The van der Waals surface area contributed by atoms with Crippen LogP contribution in [-0.2, 0) is 0 Å². The molecule has 0 bridgehead atoms. The lowest BCUT2D eigenvalue weighted by atomic mass is 10.0. The molecule has 0 aliphatic rings. The summed E-state index contributed by atoms with van der Waals surface area (Å²) in [5.41, 5.74) is 0.774. The molecule has 0 saturated heterocycles. The van der Waals surface area contributed by atoms with Crippen LogP contribution in [0.4, 0.5) is 10.1 Å². The summed E-state index contributed by atoms with van der Waals surface area (Å²) < 4.78 is 13.2. The molecule has 0 saturated carbocycles. The van der Waals surface area contributed by atoms with E-state index < -0.39 is 11.6 Å². The third-order valence-corrected chi connectivity index (χ3v) is 3.10. The lowest BCUT2D eigenvalue weighted by molar-refractivity contribution is 0.196. The molecule has 0 radical (unpaired) electrons. The molecule has 0 heterocycles. The topological polar surface area (TPSA) is 43.7 Å². The molecule has 1 unspecified atom stereocenters. The van der Waals surface area contributed by atoms with E-state index in [1.165, 1.54) is 12.1 Å². The summed E-state index contributed by atoms with van der Waals surface area (Å²) in [6.07, 6.45) is -0.752. The van der Waals surface area contributed by atoms with E-state index in [4.69, 9.17) is 0 Å². The molecule has 0 spiro atoms. The van der Waals surface area contributed by atoms with Gasteiger partial charge in [-0.3, -0.25) is 0 Å². The van der Waals surface area contributed by atoms with E-state index in [9.17, 15) is 14.6 Å². The Morgan fingerprint density at radius 1 is 1.41 bits per heavy atom. The Balaban J connectivity index is 3.22. The zero-order chi connectivity index (χ0) is 13.2. The first-order valence-electron chi connectivity index (χ1n) is 5.62. The fourth-order valence-corrected chi connectivity index (χ4v) is 1.60. The van der Waals surface area contributed by atoms with Crippen molar-refractivity contribution in [1.82, 2.24) is 0 Å². The van der Waals surface area contributed by atoms with E-state index in [1.54, 1.807) is 13.0 Å². The molecule has 1 aromatic rings. The largest absolute Gasteiger partial charge is 0.394 e. The van der Waals surface area contributed by atoms with Gasteiger partial charge in [-0.1, -0.05) is 0 Å². The van der Waals surface area contributed by atoms with Crippen LogP contribution in [0.1, 0.15) is 32.4 Å². The van der Waals surface area contributed by atoms with Gasteiger partial charge >= 0.3 is 0 Å². The second-order valence-electron chi connectivity index (χ2n) is 4.91. The lowest BCUT2D eigenvalue weighted by Crippen LogP contribution is -2.44. The third-order valence-electron chi connectivity index (χ3n) is 3.10. The molecule has 17 heavy (non-hydrogen) atoms. The van der Waals surface area contributed by atoms with E-state index >= 15 is 0 Å². The van der Waals surface area contributed by atoms with Gasteiger partial charge in [-0.05, 0) is 39.0 Å². The number of anilines is 1. The number of aliphatic hydroxyl groups is 2. The van der Waals surface area contributed by atoms with Crippen LogP contribution in [0, 0.1) is 5.82 Å². The monoisotopic (exact) mass is 241 g/mol. The standard InChI is InChI=1S/C13H20FNO2/c1-9(17)11-7-10(14)5-6-12(11)15(4)13(2,3)8-16/h5-7,9,16-17H,8H2,1-4H3. The first-order chi connectivity index (χ1) is 7.79. The predicted molar refractivity (Wildman–Crippen MR) is 66.6 cm³/mol. The fourth-order valence-electron chi connectivity index (χ4n) is 1.60. The molecule has 0 aliphatic heterocycles. The Bertz CT molecular complexity index is 391. The van der Waals surface area contributed by atoms with Crippen LogP contribution >= 0.6 is 0 Å². The highest BCUT2D eigenvalue weighted by atomic mass is 19.1. The molecular weight excluding hydrogens is 221 g/mol. The molecule has 1 aromatic carbocycles. The summed E-state index contributed by atoms with van der Waals surface area (Å²) in [7, 11) is 1.81. The van der Waals surface area contributed by atoms with Crippen molar-refractivity contribution in [3.05, 3.63) is 29.6 Å². The smallest absolute Gasteiger partial charge is 0.123 e. The molecule has 2 N–H and O–H groups in total. The average Bonchev–Trinajstić information content (AvgIpc) is 2.28. The second-order valence-corrected chi connectivity index (χ2v) is 4.91. The fraction of sp³-hybridized carbons (Fsp3) is 0.538. The number of aliphatic hydroxyl groups excluding tert-OH is 2. The molecule has 0 aromatic heterocycles. The summed E-state index contributed by atoms with van der Waals surface area (Å²) in [5, 5.41) is 19.0. The summed E-state index contributed by atoms with van der Waals surface area (Å²) in [6, 6.07) is 4.30. The second kappa shape index (κ2) is 5.02. The van der Waals surface area contributed by atoms with E-state index in [2.05, 4.69) is 0 Å². The molecule has 4 heteroatoms. The molecule has 1 atom stereocenters. The van der Waals surface area contributed by atoms with Gasteiger partial charge in [-0.15, -0.1) is 0 Å². The van der Waals surface area contributed by atoms with Crippen LogP contribution in [0.2, 0.25) is 0 Å². The molecule has 1 rings (SSSR count). The van der Waals surface area contributed by atoms with E-state index in [0.29, 0.717) is 5.56 Å². The molecular formula is C13H20FNO2. The summed E-state index contributed by atoms with van der Waals surface area (Å²) in [4.78, 5) is 1.84. The van der Waals surface area contributed by atoms with Gasteiger partial charge in [0.15, 0.2) is 0 Å². The highest BCUT2D eigenvalue weighted by Crippen LogP contribution is 2.30. The van der Waals surface area contributed by atoms with Crippen molar-refractivity contribution in [2.75, 3.05) is 18.6 Å². The number of hydrogen-bond acceptors (Lipinski definition) is 3. The van der Waals surface area contributed by atoms with E-state index in [-0.39, 0.29) is 12.4 Å². The van der Waals surface area contributed by atoms with Crippen molar-refractivity contribution in [2.24, 2.45) is 0 Å². The van der Waals surface area contributed by atoms with Crippen LogP contribution in [0.3, 0.4) is 0 Å². The number of nitrogens with zero attached hydrogens (tertiary/aromatic N) is 1. The van der Waals surface area contributed by atoms with Crippen molar-refractivity contribution in [3.63, 3.8) is 0 Å². The van der Waals surface area contributed by atoms with Gasteiger partial charge < -0.3 is 15.1 Å². The first kappa shape index (κ1) is 13.9. The highest BCUT2D eigenvalue weighted by Gasteiger charge is 2.25. The minimum atomic E-state index is -0.752. The average molecular weight is 241 g/mol. The number of halogens is 1. The summed E-state index contributed by atoms with van der Waals surface area (Å²) in [6.45, 7) is 5.32. The van der Waals surface area contributed by atoms with Crippen LogP contribution in [0.15, 0.2) is 18.2 Å².